The number of nitrogens with one attached hydrogen (secondary N) is 1. The second kappa shape index (κ2) is 12.6. The van der Waals surface area contributed by atoms with Crippen molar-refractivity contribution in [1.29, 1.82) is 0 Å². The number of hydrazone groups is 1. The van der Waals surface area contributed by atoms with Crippen molar-refractivity contribution >= 4 is 23.0 Å². The van der Waals surface area contributed by atoms with Gasteiger partial charge in [0, 0.05) is 35.6 Å². The van der Waals surface area contributed by atoms with Crippen molar-refractivity contribution in [1.82, 2.24) is 19.6 Å². The Labute approximate surface area is 262 Å². The van der Waals surface area contributed by atoms with Crippen molar-refractivity contribution in [3.05, 3.63) is 93.5 Å². The van der Waals surface area contributed by atoms with E-state index >= 15 is 0 Å². The minimum absolute atomic E-state index is 0.0310. The summed E-state index contributed by atoms with van der Waals surface area (Å²) >= 11 is 0. The smallest absolute Gasteiger partial charge is 0.257 e. The van der Waals surface area contributed by atoms with Crippen LogP contribution in [-0.2, 0) is 27.2 Å². The molecular formula is C36H39N5O4. The predicted molar refractivity (Wildman–Crippen MR) is 172 cm³/mol. The number of benzene rings is 2. The molecule has 3 aliphatic rings. The number of amides is 1. The number of fused-ring (bicyclic) bond motifs is 1. The summed E-state index contributed by atoms with van der Waals surface area (Å²) in [6, 6.07) is 18.3. The lowest BCUT2D eigenvalue weighted by molar-refractivity contribution is -0.127. The molecule has 3 heterocycles. The van der Waals surface area contributed by atoms with Crippen LogP contribution in [0.2, 0.25) is 0 Å². The van der Waals surface area contributed by atoms with Crippen LogP contribution in [0.25, 0.3) is 16.8 Å². The normalized spacial score (nSPS) is 19.9. The second-order valence-electron chi connectivity index (χ2n) is 12.6. The molecule has 1 amide bonds. The molecule has 0 saturated heterocycles. The highest BCUT2D eigenvalue weighted by Crippen LogP contribution is 2.34. The van der Waals surface area contributed by atoms with Crippen LogP contribution in [0.1, 0.15) is 86.7 Å². The summed E-state index contributed by atoms with van der Waals surface area (Å²) in [6.07, 6.45) is 9.39. The molecular weight excluding hydrogens is 566 g/mol. The quantitative estimate of drug-likeness (QED) is 0.246. The summed E-state index contributed by atoms with van der Waals surface area (Å²) in [4.78, 5) is 38.8. The molecule has 7 rings (SSSR count). The minimum Gasteiger partial charge on any atom is -0.370 e. The molecule has 9 heteroatoms. The highest BCUT2D eigenvalue weighted by atomic mass is 16.5. The van der Waals surface area contributed by atoms with Gasteiger partial charge in [0.2, 0.25) is 5.91 Å². The van der Waals surface area contributed by atoms with Gasteiger partial charge < -0.3 is 4.74 Å². The van der Waals surface area contributed by atoms with Gasteiger partial charge in [-0.3, -0.25) is 19.0 Å². The molecule has 2 aliphatic carbocycles. The Morgan fingerprint density at radius 2 is 1.78 bits per heavy atom. The zero-order valence-corrected chi connectivity index (χ0v) is 25.7. The Balaban J connectivity index is 1.22. The van der Waals surface area contributed by atoms with E-state index in [1.807, 2.05) is 33.3 Å². The molecule has 1 aliphatic heterocycles. The second-order valence-corrected chi connectivity index (χ2v) is 12.6. The molecule has 4 aromatic rings. The number of ketones is 1. The molecule has 0 bridgehead atoms. The van der Waals surface area contributed by atoms with Gasteiger partial charge >= 0.3 is 0 Å². The van der Waals surface area contributed by atoms with E-state index in [2.05, 4.69) is 47.8 Å². The molecule has 1 N–H and O–H groups in total. The fourth-order valence-corrected chi connectivity index (χ4v) is 6.93. The van der Waals surface area contributed by atoms with E-state index in [1.165, 1.54) is 0 Å². The average Bonchev–Trinajstić information content (AvgIpc) is 3.66. The lowest BCUT2D eigenvalue weighted by atomic mass is 9.91. The maximum absolute atomic E-state index is 14.5. The van der Waals surface area contributed by atoms with E-state index in [9.17, 15) is 14.4 Å². The summed E-state index contributed by atoms with van der Waals surface area (Å²) in [5, 5.41) is 9.04. The lowest BCUT2D eigenvalue weighted by Crippen LogP contribution is -2.35. The van der Waals surface area contributed by atoms with Crippen molar-refractivity contribution < 1.29 is 14.3 Å². The topological polar surface area (TPSA) is 107 Å². The minimum atomic E-state index is -0.124. The Bertz CT molecular complexity index is 1830. The molecule has 0 atom stereocenters. The Morgan fingerprint density at radius 1 is 0.978 bits per heavy atom. The molecule has 2 aromatic carbocycles. The summed E-state index contributed by atoms with van der Waals surface area (Å²) in [6.45, 7) is 2.33. The largest absolute Gasteiger partial charge is 0.370 e. The van der Waals surface area contributed by atoms with Crippen molar-refractivity contribution in [3.8, 4) is 11.1 Å². The lowest BCUT2D eigenvalue weighted by Gasteiger charge is -2.31. The fourth-order valence-electron chi connectivity index (χ4n) is 6.93. The molecule has 0 radical (unpaired) electrons. The van der Waals surface area contributed by atoms with E-state index < -0.39 is 0 Å². The highest BCUT2D eigenvalue weighted by molar-refractivity contribution is 6.16. The Kier molecular flexibility index (Phi) is 8.19. The number of hydrogen-bond donors (Lipinski definition) is 1. The first-order valence-electron chi connectivity index (χ1n) is 16.3. The zero-order valence-electron chi connectivity index (χ0n) is 25.7. The molecule has 2 saturated carbocycles. The fraction of sp³-hybridized carbons (Fsp3) is 0.417. The Morgan fingerprint density at radius 3 is 2.49 bits per heavy atom. The first-order valence-corrected chi connectivity index (χ1v) is 16.3. The van der Waals surface area contributed by atoms with E-state index in [4.69, 9.17) is 9.84 Å². The van der Waals surface area contributed by atoms with Crippen molar-refractivity contribution in [2.45, 2.75) is 83.3 Å². The number of ether oxygens (including phenoxy) is 1. The molecule has 2 aromatic heterocycles. The number of Topliss-reactive ketones (excluding diaryl/α,β-unsaturated/α-hetero) is 1. The van der Waals surface area contributed by atoms with Crippen LogP contribution >= 0.6 is 0 Å². The first kappa shape index (κ1) is 29.3. The summed E-state index contributed by atoms with van der Waals surface area (Å²) in [5.74, 6) is 0.320. The number of nitrogens with zero attached hydrogens (tertiary/aromatic N) is 4. The van der Waals surface area contributed by atoms with Gasteiger partial charge in [-0.2, -0.15) is 10.2 Å². The summed E-state index contributed by atoms with van der Waals surface area (Å²) in [5.41, 5.74) is 9.77. The van der Waals surface area contributed by atoms with Crippen molar-refractivity contribution in [2.24, 2.45) is 11.0 Å². The molecule has 0 spiro atoms. The third kappa shape index (κ3) is 6.01. The highest BCUT2D eigenvalue weighted by Gasteiger charge is 2.32. The van der Waals surface area contributed by atoms with Crippen LogP contribution in [0.15, 0.2) is 70.7 Å². The van der Waals surface area contributed by atoms with Crippen LogP contribution < -0.4 is 11.0 Å². The summed E-state index contributed by atoms with van der Waals surface area (Å²) in [7, 11) is 0. The molecule has 2 fully saturated rings. The van der Waals surface area contributed by atoms with Crippen LogP contribution in [0.4, 0.5) is 0 Å². The zero-order chi connectivity index (χ0) is 30.9. The molecule has 45 heavy (non-hydrogen) atoms. The van der Waals surface area contributed by atoms with Crippen LogP contribution in [0.3, 0.4) is 0 Å². The maximum Gasteiger partial charge on any atom is 0.257 e. The maximum atomic E-state index is 14.5. The van der Waals surface area contributed by atoms with Gasteiger partial charge in [-0.25, -0.2) is 9.94 Å². The van der Waals surface area contributed by atoms with E-state index in [1.54, 1.807) is 6.20 Å². The van der Waals surface area contributed by atoms with Gasteiger partial charge in [-0.05, 0) is 67.7 Å². The van der Waals surface area contributed by atoms with Crippen molar-refractivity contribution in [3.63, 3.8) is 0 Å². The molecule has 9 nitrogen and oxygen atoms in total. The van der Waals surface area contributed by atoms with E-state index in [0.717, 1.165) is 90.5 Å². The van der Waals surface area contributed by atoms with Crippen LogP contribution in [0, 0.1) is 5.92 Å². The molecule has 0 unspecified atom stereocenters. The van der Waals surface area contributed by atoms with Gasteiger partial charge in [-0.15, -0.1) is 0 Å². The third-order valence-corrected chi connectivity index (χ3v) is 9.44. The number of aromatic nitrogens is 3. The molecule has 232 valence electrons. The van der Waals surface area contributed by atoms with Gasteiger partial charge in [0.25, 0.3) is 5.56 Å². The van der Waals surface area contributed by atoms with Gasteiger partial charge in [0.05, 0.1) is 30.1 Å². The SMILES string of the molecule is CCCc1c(Cc2ccc(-c3ccccc3)c(C3=NNC(=O)C3)c2)c(=O)n(C2CCC(OCC(=O)C3CC3)CC2)c2ccnn12. The van der Waals surface area contributed by atoms with E-state index in [0.29, 0.717) is 12.1 Å². The third-order valence-electron chi connectivity index (χ3n) is 9.44. The monoisotopic (exact) mass is 605 g/mol. The van der Waals surface area contributed by atoms with Crippen LogP contribution in [0.5, 0.6) is 0 Å². The van der Waals surface area contributed by atoms with Gasteiger partial charge in [0.15, 0.2) is 5.78 Å². The van der Waals surface area contributed by atoms with Gasteiger partial charge in [-0.1, -0.05) is 55.8 Å². The van der Waals surface area contributed by atoms with Gasteiger partial charge in [0.1, 0.15) is 12.3 Å². The number of carbonyl (C=O) groups is 2. The first-order chi connectivity index (χ1) is 22.0. The number of hydrogen-bond acceptors (Lipinski definition) is 6. The van der Waals surface area contributed by atoms with Crippen LogP contribution in [-0.4, -0.2) is 44.3 Å². The Hall–Kier alpha value is -4.37. The standard InChI is InChI=1S/C36H39N5O4/c1-2-6-32-30(20-23-9-16-28(24-7-4-3-5-8-24)29(19-23)31-21-34(43)39-38-31)36(44)40(35-17-18-37-41(32)35)26-12-14-27(15-13-26)45-22-33(42)25-10-11-25/h3-5,7-9,16-19,25-27H,2,6,10-15,20-22H2,1H3,(H,39,43). The summed E-state index contributed by atoms with van der Waals surface area (Å²) < 4.78 is 9.91. The number of carbonyl (C=O) groups excluding carboxylic acids is 2. The average molecular weight is 606 g/mol. The predicted octanol–water partition coefficient (Wildman–Crippen LogP) is 5.41. The number of rotatable bonds is 11. The van der Waals surface area contributed by atoms with E-state index in [-0.39, 0.29) is 48.3 Å². The number of aryl methyl sites for hydroxylation is 1. The van der Waals surface area contributed by atoms with Crippen molar-refractivity contribution in [2.75, 3.05) is 6.61 Å².